The summed E-state index contributed by atoms with van der Waals surface area (Å²) < 4.78 is 56.9. The number of hydrogen-bond donors (Lipinski definition) is 4. The maximum Gasteiger partial charge on any atom is 0.268 e. The average Bonchev–Trinajstić information content (AvgIpc) is 3.97. The molecular weight excluding hydrogens is 897 g/mol. The fourth-order valence-electron chi connectivity index (χ4n) is 9.24. The maximum atomic E-state index is 13.6. The van der Waals surface area contributed by atoms with Crippen LogP contribution < -0.4 is 10.6 Å². The molecule has 0 unspecified atom stereocenters. The summed E-state index contributed by atoms with van der Waals surface area (Å²) in [6.07, 6.45) is 8.91. The summed E-state index contributed by atoms with van der Waals surface area (Å²) in [6, 6.07) is 45.5. The third kappa shape index (κ3) is 9.50. The Labute approximate surface area is 396 Å². The Morgan fingerprint density at radius 2 is 0.779 bits per heavy atom. The first-order valence-corrected chi connectivity index (χ1v) is 25.8. The lowest BCUT2D eigenvalue weighted by Gasteiger charge is -2.28. The van der Waals surface area contributed by atoms with Crippen molar-refractivity contribution in [2.45, 2.75) is 85.4 Å². The van der Waals surface area contributed by atoms with E-state index in [1.807, 2.05) is 97.1 Å². The van der Waals surface area contributed by atoms with Crippen molar-refractivity contribution in [2.75, 3.05) is 0 Å². The van der Waals surface area contributed by atoms with Crippen LogP contribution in [0.15, 0.2) is 180 Å². The molecule has 14 heteroatoms. The molecule has 348 valence electrons. The molecule has 2 aromatic heterocycles. The van der Waals surface area contributed by atoms with Crippen molar-refractivity contribution in [3.63, 3.8) is 0 Å². The number of amides is 2. The van der Waals surface area contributed by atoms with E-state index in [-0.39, 0.29) is 33.7 Å². The lowest BCUT2D eigenvalue weighted by atomic mass is 9.92. The topological polar surface area (TPSA) is 177 Å². The fraction of sp³-hybridized carbons (Fsp3) is 0.222. The molecule has 2 fully saturated rings. The Kier molecular flexibility index (Phi) is 13.5. The SMILES string of the molecule is O=C(N[C@@H]1CCCC[C@H]1O)c1ccc(S(=O)(=O)n2cc(-c3ccccc3)c3ccccc32)cc1.O=C(N[C@H]1CCCC[C@@H]1O)c1ccc(S(=O)(=O)n2cc(-c3ccccc3)c3ccccc32)cc1. The van der Waals surface area contributed by atoms with Crippen molar-refractivity contribution in [3.05, 3.63) is 181 Å². The summed E-state index contributed by atoms with van der Waals surface area (Å²) in [5.74, 6) is -0.625. The van der Waals surface area contributed by atoms with Gasteiger partial charge in [-0.3, -0.25) is 9.59 Å². The number of para-hydroxylation sites is 2. The molecule has 0 bridgehead atoms. The van der Waals surface area contributed by atoms with E-state index in [2.05, 4.69) is 10.6 Å². The van der Waals surface area contributed by atoms with Crippen molar-refractivity contribution in [3.8, 4) is 22.3 Å². The predicted molar refractivity (Wildman–Crippen MR) is 264 cm³/mol. The Hall–Kier alpha value is -6.84. The van der Waals surface area contributed by atoms with E-state index in [0.29, 0.717) is 35.0 Å². The number of aliphatic hydroxyl groups excluding tert-OH is 2. The second-order valence-corrected chi connectivity index (χ2v) is 21.0. The number of aromatic nitrogens is 2. The maximum absolute atomic E-state index is 13.6. The summed E-state index contributed by atoms with van der Waals surface area (Å²) in [4.78, 5) is 25.5. The fourth-order valence-corrected chi connectivity index (χ4v) is 12.0. The smallest absolute Gasteiger partial charge is 0.268 e. The van der Waals surface area contributed by atoms with Crippen molar-refractivity contribution in [1.82, 2.24) is 18.6 Å². The van der Waals surface area contributed by atoms with Crippen LogP contribution in [-0.4, -0.2) is 71.1 Å². The van der Waals surface area contributed by atoms with Crippen molar-refractivity contribution >= 4 is 53.7 Å². The van der Waals surface area contributed by atoms with Crippen LogP contribution in [-0.2, 0) is 20.0 Å². The molecule has 68 heavy (non-hydrogen) atoms. The Morgan fingerprint density at radius 3 is 1.15 bits per heavy atom. The molecule has 0 spiro atoms. The van der Waals surface area contributed by atoms with Crippen LogP contribution in [0.25, 0.3) is 44.1 Å². The second kappa shape index (κ2) is 19.8. The molecular formula is C54H52N4O8S2. The van der Waals surface area contributed by atoms with Gasteiger partial charge in [0.2, 0.25) is 0 Å². The van der Waals surface area contributed by atoms with Crippen LogP contribution >= 0.6 is 0 Å². The lowest BCUT2D eigenvalue weighted by molar-refractivity contribution is 0.0715. The number of rotatable bonds is 10. The highest BCUT2D eigenvalue weighted by Gasteiger charge is 2.28. The highest BCUT2D eigenvalue weighted by Crippen LogP contribution is 2.35. The Bertz CT molecular complexity index is 3080. The van der Waals surface area contributed by atoms with Gasteiger partial charge in [0.05, 0.1) is 45.1 Å². The van der Waals surface area contributed by atoms with Gasteiger partial charge in [-0.25, -0.2) is 24.8 Å². The van der Waals surface area contributed by atoms with E-state index in [1.54, 1.807) is 24.5 Å². The van der Waals surface area contributed by atoms with E-state index < -0.39 is 32.3 Å². The third-order valence-corrected chi connectivity index (χ3v) is 16.3. The molecule has 8 aromatic rings. The molecule has 0 aliphatic heterocycles. The number of nitrogens with zero attached hydrogens (tertiary/aromatic N) is 2. The zero-order valence-electron chi connectivity index (χ0n) is 37.2. The molecule has 6 aromatic carbocycles. The van der Waals surface area contributed by atoms with Gasteiger partial charge in [-0.1, -0.05) is 123 Å². The first-order valence-electron chi connectivity index (χ1n) is 22.9. The summed E-state index contributed by atoms with van der Waals surface area (Å²) in [6.45, 7) is 0. The van der Waals surface area contributed by atoms with E-state index in [4.69, 9.17) is 0 Å². The van der Waals surface area contributed by atoms with Crippen LogP contribution in [0.3, 0.4) is 0 Å². The van der Waals surface area contributed by atoms with Gasteiger partial charge < -0.3 is 20.8 Å². The van der Waals surface area contributed by atoms with Gasteiger partial charge in [-0.05, 0) is 97.5 Å². The largest absolute Gasteiger partial charge is 0.391 e. The molecule has 0 radical (unpaired) electrons. The van der Waals surface area contributed by atoms with Crippen LogP contribution in [0.4, 0.5) is 0 Å². The van der Waals surface area contributed by atoms with Gasteiger partial charge in [0, 0.05) is 45.4 Å². The Balaban J connectivity index is 0.000000170. The number of carbonyl (C=O) groups is 2. The molecule has 2 heterocycles. The van der Waals surface area contributed by atoms with E-state index in [9.17, 15) is 36.6 Å². The molecule has 2 amide bonds. The summed E-state index contributed by atoms with van der Waals surface area (Å²) in [5.41, 5.74) is 5.44. The highest BCUT2D eigenvalue weighted by atomic mass is 32.2. The van der Waals surface area contributed by atoms with Gasteiger partial charge in [0.15, 0.2) is 0 Å². The molecule has 2 aliphatic rings. The predicted octanol–water partition coefficient (Wildman–Crippen LogP) is 9.16. The van der Waals surface area contributed by atoms with Crippen LogP contribution in [0.5, 0.6) is 0 Å². The second-order valence-electron chi connectivity index (χ2n) is 17.4. The normalized spacial score (nSPS) is 18.6. The van der Waals surface area contributed by atoms with Crippen LogP contribution in [0.1, 0.15) is 72.1 Å². The minimum absolute atomic E-state index is 0.0992. The van der Waals surface area contributed by atoms with Gasteiger partial charge in [0.1, 0.15) is 0 Å². The van der Waals surface area contributed by atoms with Crippen LogP contribution in [0, 0.1) is 0 Å². The van der Waals surface area contributed by atoms with Gasteiger partial charge in [-0.2, -0.15) is 0 Å². The van der Waals surface area contributed by atoms with Crippen molar-refractivity contribution in [1.29, 1.82) is 0 Å². The van der Waals surface area contributed by atoms with E-state index in [1.165, 1.54) is 56.5 Å². The lowest BCUT2D eigenvalue weighted by Crippen LogP contribution is -2.45. The van der Waals surface area contributed by atoms with E-state index >= 15 is 0 Å². The number of carbonyl (C=O) groups excluding carboxylic acids is 2. The number of hydrogen-bond acceptors (Lipinski definition) is 8. The minimum Gasteiger partial charge on any atom is -0.391 e. The molecule has 2 aliphatic carbocycles. The third-order valence-electron chi connectivity index (χ3n) is 13.0. The monoisotopic (exact) mass is 948 g/mol. The molecule has 2 saturated carbocycles. The van der Waals surface area contributed by atoms with Crippen LogP contribution in [0.2, 0.25) is 0 Å². The van der Waals surface area contributed by atoms with E-state index in [0.717, 1.165) is 71.6 Å². The number of fused-ring (bicyclic) bond motifs is 2. The van der Waals surface area contributed by atoms with Gasteiger partial charge >= 0.3 is 0 Å². The summed E-state index contributed by atoms with van der Waals surface area (Å²) in [7, 11) is -7.77. The van der Waals surface area contributed by atoms with Gasteiger partial charge in [-0.15, -0.1) is 0 Å². The first-order chi connectivity index (χ1) is 32.9. The van der Waals surface area contributed by atoms with Crippen molar-refractivity contribution < 1.29 is 36.6 Å². The number of nitrogens with one attached hydrogen (secondary N) is 2. The summed E-state index contributed by atoms with van der Waals surface area (Å²) >= 11 is 0. The quantitative estimate of drug-likeness (QED) is 0.105. The zero-order valence-corrected chi connectivity index (χ0v) is 38.8. The first kappa shape index (κ1) is 46.3. The van der Waals surface area contributed by atoms with Gasteiger partial charge in [0.25, 0.3) is 31.9 Å². The minimum atomic E-state index is -3.89. The zero-order chi connectivity index (χ0) is 47.4. The average molecular weight is 949 g/mol. The standard InChI is InChI=1S/2C27H26N2O4S/c2*30-26-13-7-5-11-24(26)28-27(31)20-14-16-21(17-15-20)34(32,33)29-18-23(19-8-2-1-3-9-19)22-10-4-6-12-25(22)29/h2*1-4,6,8-10,12,14-18,24,26,30H,5,7,11,13H2,(H,28,31)/t2*24-,26-/m10/s1. The molecule has 4 N–H and O–H groups in total. The molecule has 10 rings (SSSR count). The molecule has 0 saturated heterocycles. The molecule has 12 nitrogen and oxygen atoms in total. The number of aliphatic hydroxyl groups is 2. The Morgan fingerprint density at radius 1 is 0.441 bits per heavy atom. The summed E-state index contributed by atoms with van der Waals surface area (Å²) in [5, 5.41) is 27.7. The highest BCUT2D eigenvalue weighted by molar-refractivity contribution is 7.90. The van der Waals surface area contributed by atoms with Crippen molar-refractivity contribution in [2.24, 2.45) is 0 Å². The molecule has 4 atom stereocenters. The number of benzene rings is 6.